The minimum absolute atomic E-state index is 0.0245. The van der Waals surface area contributed by atoms with Crippen LogP contribution in [0.3, 0.4) is 0 Å². The Bertz CT molecular complexity index is 594. The third kappa shape index (κ3) is 6.57. The third-order valence-corrected chi connectivity index (χ3v) is 5.17. The lowest BCUT2D eigenvalue weighted by Crippen LogP contribution is -2.45. The summed E-state index contributed by atoms with van der Waals surface area (Å²) in [4.78, 5) is 14.6. The SMILES string of the molecule is C[C@@H]1CN(Cc2ccccc2CNC(=O)CNC[C@@H]2CCCO2)C[C@@H](C)O1. The number of rotatable bonds is 8. The number of hydrogen-bond donors (Lipinski definition) is 2. The van der Waals surface area contributed by atoms with E-state index in [-0.39, 0.29) is 24.2 Å². The lowest BCUT2D eigenvalue weighted by molar-refractivity contribution is -0.120. The monoisotopic (exact) mass is 375 g/mol. The first-order chi connectivity index (χ1) is 13.1. The average Bonchev–Trinajstić information content (AvgIpc) is 3.13. The lowest BCUT2D eigenvalue weighted by Gasteiger charge is -2.35. The Kier molecular flexibility index (Phi) is 7.64. The molecule has 150 valence electrons. The number of nitrogens with zero attached hydrogens (tertiary/aromatic N) is 1. The predicted molar refractivity (Wildman–Crippen MR) is 105 cm³/mol. The summed E-state index contributed by atoms with van der Waals surface area (Å²) in [6.07, 6.45) is 2.99. The van der Waals surface area contributed by atoms with Crippen LogP contribution in [0.5, 0.6) is 0 Å². The highest BCUT2D eigenvalue weighted by Crippen LogP contribution is 2.17. The van der Waals surface area contributed by atoms with Crippen LogP contribution in [-0.4, -0.2) is 61.9 Å². The summed E-state index contributed by atoms with van der Waals surface area (Å²) in [6.45, 7) is 9.51. The summed E-state index contributed by atoms with van der Waals surface area (Å²) >= 11 is 0. The van der Waals surface area contributed by atoms with Gasteiger partial charge in [-0.15, -0.1) is 0 Å². The van der Waals surface area contributed by atoms with Crippen LogP contribution < -0.4 is 10.6 Å². The van der Waals surface area contributed by atoms with Crippen molar-refractivity contribution >= 4 is 5.91 Å². The second-order valence-electron chi connectivity index (χ2n) is 7.76. The lowest BCUT2D eigenvalue weighted by atomic mass is 10.1. The van der Waals surface area contributed by atoms with Crippen molar-refractivity contribution in [2.45, 2.75) is 58.1 Å². The first kappa shape index (κ1) is 20.3. The fourth-order valence-corrected chi connectivity index (χ4v) is 3.95. The molecule has 0 unspecified atom stereocenters. The smallest absolute Gasteiger partial charge is 0.234 e. The third-order valence-electron chi connectivity index (χ3n) is 5.17. The predicted octanol–water partition coefficient (Wildman–Crippen LogP) is 1.68. The van der Waals surface area contributed by atoms with Gasteiger partial charge >= 0.3 is 0 Å². The fourth-order valence-electron chi connectivity index (χ4n) is 3.95. The van der Waals surface area contributed by atoms with Crippen molar-refractivity contribution in [3.8, 4) is 0 Å². The molecular formula is C21H33N3O3. The topological polar surface area (TPSA) is 62.8 Å². The Hall–Kier alpha value is -1.47. The maximum absolute atomic E-state index is 12.1. The highest BCUT2D eigenvalue weighted by molar-refractivity contribution is 5.78. The van der Waals surface area contributed by atoms with Crippen molar-refractivity contribution in [1.82, 2.24) is 15.5 Å². The van der Waals surface area contributed by atoms with Gasteiger partial charge in [0.15, 0.2) is 0 Å². The van der Waals surface area contributed by atoms with Gasteiger partial charge in [-0.25, -0.2) is 0 Å². The molecule has 2 fully saturated rings. The van der Waals surface area contributed by atoms with Gasteiger partial charge in [0.2, 0.25) is 5.91 Å². The number of nitrogens with one attached hydrogen (secondary N) is 2. The van der Waals surface area contributed by atoms with Gasteiger partial charge in [0, 0.05) is 39.3 Å². The van der Waals surface area contributed by atoms with E-state index in [2.05, 4.69) is 47.6 Å². The van der Waals surface area contributed by atoms with E-state index < -0.39 is 0 Å². The Morgan fingerprint density at radius 3 is 2.63 bits per heavy atom. The van der Waals surface area contributed by atoms with Crippen molar-refractivity contribution in [3.63, 3.8) is 0 Å². The quantitative estimate of drug-likeness (QED) is 0.724. The molecule has 0 aliphatic carbocycles. The highest BCUT2D eigenvalue weighted by atomic mass is 16.5. The molecule has 0 saturated carbocycles. The van der Waals surface area contributed by atoms with Crippen LogP contribution in [0.4, 0.5) is 0 Å². The summed E-state index contributed by atoms with van der Waals surface area (Å²) in [7, 11) is 0. The zero-order valence-corrected chi connectivity index (χ0v) is 16.6. The number of hydrogen-bond acceptors (Lipinski definition) is 5. The van der Waals surface area contributed by atoms with E-state index in [9.17, 15) is 4.79 Å². The molecule has 2 aliphatic rings. The molecule has 0 spiro atoms. The molecular weight excluding hydrogens is 342 g/mol. The maximum Gasteiger partial charge on any atom is 0.234 e. The molecule has 27 heavy (non-hydrogen) atoms. The van der Waals surface area contributed by atoms with Gasteiger partial charge in [-0.2, -0.15) is 0 Å². The summed E-state index contributed by atoms with van der Waals surface area (Å²) in [6, 6.07) is 8.35. The first-order valence-electron chi connectivity index (χ1n) is 10.1. The van der Waals surface area contributed by atoms with E-state index in [1.54, 1.807) is 0 Å². The summed E-state index contributed by atoms with van der Waals surface area (Å²) in [5.74, 6) is 0.0245. The number of carbonyl (C=O) groups is 1. The summed E-state index contributed by atoms with van der Waals surface area (Å²) < 4.78 is 11.4. The number of amides is 1. The van der Waals surface area contributed by atoms with Gasteiger partial charge in [0.1, 0.15) is 0 Å². The Labute approximate surface area is 162 Å². The molecule has 6 nitrogen and oxygen atoms in total. The highest BCUT2D eigenvalue weighted by Gasteiger charge is 2.22. The van der Waals surface area contributed by atoms with Gasteiger partial charge in [-0.05, 0) is 37.8 Å². The van der Waals surface area contributed by atoms with Crippen LogP contribution in [0.2, 0.25) is 0 Å². The van der Waals surface area contributed by atoms with Crippen LogP contribution in [0, 0.1) is 0 Å². The summed E-state index contributed by atoms with van der Waals surface area (Å²) in [5, 5.41) is 6.23. The number of ether oxygens (including phenoxy) is 2. The minimum Gasteiger partial charge on any atom is -0.377 e. The van der Waals surface area contributed by atoms with Gasteiger partial charge in [0.05, 0.1) is 24.9 Å². The molecule has 1 aromatic rings. The van der Waals surface area contributed by atoms with Gasteiger partial charge in [0.25, 0.3) is 0 Å². The zero-order chi connectivity index (χ0) is 19.1. The van der Waals surface area contributed by atoms with E-state index >= 15 is 0 Å². The molecule has 3 atom stereocenters. The van der Waals surface area contributed by atoms with Crippen molar-refractivity contribution in [2.75, 3.05) is 32.8 Å². The molecule has 2 N–H and O–H groups in total. The Morgan fingerprint density at radius 1 is 1.19 bits per heavy atom. The van der Waals surface area contributed by atoms with E-state index in [1.807, 2.05) is 6.07 Å². The Morgan fingerprint density at radius 2 is 1.93 bits per heavy atom. The molecule has 3 rings (SSSR count). The van der Waals surface area contributed by atoms with Gasteiger partial charge in [-0.1, -0.05) is 24.3 Å². The van der Waals surface area contributed by atoms with Crippen LogP contribution in [0.25, 0.3) is 0 Å². The molecule has 1 amide bonds. The molecule has 2 aliphatic heterocycles. The van der Waals surface area contributed by atoms with Crippen molar-refractivity contribution in [3.05, 3.63) is 35.4 Å². The maximum atomic E-state index is 12.1. The fraction of sp³-hybridized carbons (Fsp3) is 0.667. The largest absolute Gasteiger partial charge is 0.377 e. The molecule has 0 radical (unpaired) electrons. The summed E-state index contributed by atoms with van der Waals surface area (Å²) in [5.41, 5.74) is 2.45. The van der Waals surface area contributed by atoms with Crippen LogP contribution in [0.1, 0.15) is 37.8 Å². The Balaban J connectivity index is 1.44. The van der Waals surface area contributed by atoms with Crippen molar-refractivity contribution in [2.24, 2.45) is 0 Å². The van der Waals surface area contributed by atoms with Gasteiger partial charge < -0.3 is 20.1 Å². The van der Waals surface area contributed by atoms with Crippen LogP contribution in [-0.2, 0) is 27.4 Å². The molecule has 0 aromatic heterocycles. The van der Waals surface area contributed by atoms with Crippen LogP contribution >= 0.6 is 0 Å². The van der Waals surface area contributed by atoms with Gasteiger partial charge in [-0.3, -0.25) is 9.69 Å². The molecule has 6 heteroatoms. The number of morpholine rings is 1. The molecule has 2 saturated heterocycles. The number of benzene rings is 1. The molecule has 2 heterocycles. The van der Waals surface area contributed by atoms with Crippen molar-refractivity contribution in [1.29, 1.82) is 0 Å². The molecule has 1 aromatic carbocycles. The van der Waals surface area contributed by atoms with Crippen molar-refractivity contribution < 1.29 is 14.3 Å². The van der Waals surface area contributed by atoms with E-state index in [0.29, 0.717) is 13.1 Å². The zero-order valence-electron chi connectivity index (χ0n) is 16.6. The number of carbonyl (C=O) groups excluding carboxylic acids is 1. The molecule has 0 bridgehead atoms. The first-order valence-corrected chi connectivity index (χ1v) is 10.1. The van der Waals surface area contributed by atoms with E-state index in [1.165, 1.54) is 11.1 Å². The minimum atomic E-state index is 0.0245. The normalized spacial score (nSPS) is 26.2. The van der Waals surface area contributed by atoms with Crippen LogP contribution in [0.15, 0.2) is 24.3 Å². The van der Waals surface area contributed by atoms with E-state index in [0.717, 1.165) is 45.6 Å². The standard InChI is InChI=1S/C21H33N3O3/c1-16-13-24(14-17(2)27-16)15-19-7-4-3-6-18(19)10-23-21(25)12-22-11-20-8-5-9-26-20/h3-4,6-7,16-17,20,22H,5,8-15H2,1-2H3,(H,23,25)/t16-,17-,20+/m1/s1. The second kappa shape index (κ2) is 10.2. The van der Waals surface area contributed by atoms with E-state index in [4.69, 9.17) is 9.47 Å². The average molecular weight is 376 g/mol. The second-order valence-corrected chi connectivity index (χ2v) is 7.76.